The minimum atomic E-state index is -0.471. The SMILES string of the molecule is CC(C)(C)OC(=O)N1CCC2(CC1)OC2N1CCN(c2ccc([C@@H]3c4ccc(O)cc4CCC3c3ccccc3)cc2)CC1. The fourth-order valence-corrected chi connectivity index (χ4v) is 7.74. The van der Waals surface area contributed by atoms with Crippen molar-refractivity contribution in [2.45, 2.75) is 75.7 Å². The fourth-order valence-electron chi connectivity index (χ4n) is 7.74. The van der Waals surface area contributed by atoms with Gasteiger partial charge in [-0.2, -0.15) is 0 Å². The Bertz CT molecular complexity index is 1470. The summed E-state index contributed by atoms with van der Waals surface area (Å²) >= 11 is 0. The van der Waals surface area contributed by atoms with Crippen LogP contribution < -0.4 is 4.90 Å². The van der Waals surface area contributed by atoms with Gasteiger partial charge >= 0.3 is 6.09 Å². The highest BCUT2D eigenvalue weighted by atomic mass is 16.6. The first kappa shape index (κ1) is 29.2. The summed E-state index contributed by atoms with van der Waals surface area (Å²) in [7, 11) is 0. The molecule has 1 amide bonds. The van der Waals surface area contributed by atoms with Crippen molar-refractivity contribution in [1.82, 2.24) is 9.80 Å². The zero-order chi connectivity index (χ0) is 30.5. The summed E-state index contributed by atoms with van der Waals surface area (Å²) in [6, 6.07) is 26.0. The van der Waals surface area contributed by atoms with Gasteiger partial charge < -0.3 is 24.4 Å². The molecule has 0 radical (unpaired) electrons. The van der Waals surface area contributed by atoms with Crippen LogP contribution in [-0.4, -0.2) is 77.7 Å². The highest BCUT2D eigenvalue weighted by Gasteiger charge is 2.60. The molecular formula is C37H45N3O4. The van der Waals surface area contributed by atoms with Crippen LogP contribution in [0.25, 0.3) is 0 Å². The van der Waals surface area contributed by atoms with Crippen molar-refractivity contribution in [2.24, 2.45) is 0 Å². The number of epoxide rings is 1. The van der Waals surface area contributed by atoms with E-state index < -0.39 is 5.60 Å². The third kappa shape index (κ3) is 5.80. The topological polar surface area (TPSA) is 68.8 Å². The van der Waals surface area contributed by atoms with Crippen molar-refractivity contribution in [1.29, 1.82) is 0 Å². The number of rotatable bonds is 4. The first-order chi connectivity index (χ1) is 21.2. The standard InChI is InChI=1S/C37H45N3O4/c1-36(2,3)44-35(42)40-19-17-37(18-20-40)34(43-37)39-23-21-38(22-24-39)29-12-9-27(10-13-29)33-31(26-7-5-4-6-8-26)15-11-28-25-30(41)14-16-32(28)33/h4-10,12-14,16,25,31,33-34,41H,11,15,17-24H2,1-3H3/t31?,33-,34?/m0/s1. The Morgan fingerprint density at radius 3 is 2.27 bits per heavy atom. The molecule has 232 valence electrons. The molecule has 7 heteroatoms. The monoisotopic (exact) mass is 595 g/mol. The van der Waals surface area contributed by atoms with Crippen LogP contribution >= 0.6 is 0 Å². The van der Waals surface area contributed by atoms with E-state index in [0.29, 0.717) is 24.8 Å². The number of hydrogen-bond donors (Lipinski definition) is 1. The van der Waals surface area contributed by atoms with E-state index in [1.54, 1.807) is 0 Å². The molecule has 1 spiro atoms. The van der Waals surface area contributed by atoms with Crippen LogP contribution in [-0.2, 0) is 15.9 Å². The van der Waals surface area contributed by atoms with Crippen molar-refractivity contribution in [3.63, 3.8) is 0 Å². The van der Waals surface area contributed by atoms with E-state index in [-0.39, 0.29) is 23.8 Å². The van der Waals surface area contributed by atoms with Gasteiger partial charge in [0.2, 0.25) is 0 Å². The van der Waals surface area contributed by atoms with Crippen LogP contribution in [0.15, 0.2) is 72.8 Å². The molecule has 7 rings (SSSR count). The van der Waals surface area contributed by atoms with E-state index >= 15 is 0 Å². The molecule has 3 aliphatic heterocycles. The number of piperazine rings is 1. The number of phenols is 1. The molecule has 1 N–H and O–H groups in total. The van der Waals surface area contributed by atoms with Gasteiger partial charge in [-0.15, -0.1) is 0 Å². The number of hydrogen-bond acceptors (Lipinski definition) is 6. The molecule has 44 heavy (non-hydrogen) atoms. The third-order valence-electron chi connectivity index (χ3n) is 10.1. The van der Waals surface area contributed by atoms with Crippen molar-refractivity contribution in [2.75, 3.05) is 44.2 Å². The number of fused-ring (bicyclic) bond motifs is 1. The highest BCUT2D eigenvalue weighted by molar-refractivity contribution is 5.68. The summed E-state index contributed by atoms with van der Waals surface area (Å²) in [5, 5.41) is 10.2. The van der Waals surface area contributed by atoms with Gasteiger partial charge in [-0.25, -0.2) is 4.79 Å². The van der Waals surface area contributed by atoms with Gasteiger partial charge in [-0.05, 0) is 98.9 Å². The van der Waals surface area contributed by atoms with E-state index in [4.69, 9.17) is 9.47 Å². The Kier molecular flexibility index (Phi) is 7.58. The van der Waals surface area contributed by atoms with Crippen LogP contribution in [0.5, 0.6) is 5.75 Å². The summed E-state index contributed by atoms with van der Waals surface area (Å²) in [4.78, 5) is 19.3. The number of carbonyl (C=O) groups is 1. The summed E-state index contributed by atoms with van der Waals surface area (Å²) in [5.74, 6) is 1.02. The number of aryl methyl sites for hydroxylation is 1. The van der Waals surface area contributed by atoms with Gasteiger partial charge in [0.05, 0.1) is 0 Å². The molecule has 3 aromatic rings. The minimum Gasteiger partial charge on any atom is -0.508 e. The maximum Gasteiger partial charge on any atom is 0.410 e. The van der Waals surface area contributed by atoms with Crippen molar-refractivity contribution >= 4 is 11.8 Å². The minimum absolute atomic E-state index is 0.106. The first-order valence-corrected chi connectivity index (χ1v) is 16.3. The first-order valence-electron chi connectivity index (χ1n) is 16.3. The lowest BCUT2D eigenvalue weighted by Gasteiger charge is -2.37. The number of anilines is 1. The Morgan fingerprint density at radius 2 is 1.59 bits per heavy atom. The predicted molar refractivity (Wildman–Crippen MR) is 172 cm³/mol. The maximum absolute atomic E-state index is 12.5. The molecule has 3 fully saturated rings. The second-order valence-corrected chi connectivity index (χ2v) is 14.0. The summed E-state index contributed by atoms with van der Waals surface area (Å²) in [6.07, 6.45) is 3.73. The van der Waals surface area contributed by atoms with E-state index in [9.17, 15) is 9.90 Å². The molecule has 3 heterocycles. The average molecular weight is 596 g/mol. The van der Waals surface area contributed by atoms with Gasteiger partial charge in [0.25, 0.3) is 0 Å². The number of carbonyl (C=O) groups excluding carboxylic acids is 1. The van der Waals surface area contributed by atoms with Crippen molar-refractivity contribution in [3.8, 4) is 5.75 Å². The summed E-state index contributed by atoms with van der Waals surface area (Å²) in [5.41, 5.74) is 6.00. The molecular weight excluding hydrogens is 550 g/mol. The van der Waals surface area contributed by atoms with E-state index in [1.807, 2.05) is 37.8 Å². The molecule has 0 saturated carbocycles. The van der Waals surface area contributed by atoms with E-state index in [2.05, 4.69) is 70.5 Å². The number of piperidine rings is 1. The van der Waals surface area contributed by atoms with Gasteiger partial charge in [0.1, 0.15) is 23.2 Å². The average Bonchev–Trinajstić information content (AvgIpc) is 3.73. The van der Waals surface area contributed by atoms with Crippen LogP contribution in [0.1, 0.15) is 74.1 Å². The summed E-state index contributed by atoms with van der Waals surface area (Å²) in [6.45, 7) is 11.0. The lowest BCUT2D eigenvalue weighted by Crippen LogP contribution is -2.50. The van der Waals surface area contributed by atoms with Gasteiger partial charge in [-0.3, -0.25) is 4.90 Å². The molecule has 3 saturated heterocycles. The van der Waals surface area contributed by atoms with E-state index in [1.165, 1.54) is 27.9 Å². The zero-order valence-electron chi connectivity index (χ0n) is 26.2. The van der Waals surface area contributed by atoms with Crippen molar-refractivity contribution in [3.05, 3.63) is 95.1 Å². The van der Waals surface area contributed by atoms with Gasteiger partial charge in [0, 0.05) is 50.9 Å². The smallest absolute Gasteiger partial charge is 0.410 e. The molecule has 4 aliphatic rings. The molecule has 3 atom stereocenters. The fraction of sp³-hybridized carbons (Fsp3) is 0.486. The number of nitrogens with zero attached hydrogens (tertiary/aromatic N) is 3. The van der Waals surface area contributed by atoms with E-state index in [0.717, 1.165) is 51.9 Å². The van der Waals surface area contributed by atoms with Crippen LogP contribution in [0.3, 0.4) is 0 Å². The zero-order valence-corrected chi connectivity index (χ0v) is 26.2. The molecule has 7 nitrogen and oxygen atoms in total. The second kappa shape index (κ2) is 11.4. The largest absolute Gasteiger partial charge is 0.508 e. The molecule has 2 unspecified atom stereocenters. The Hall–Kier alpha value is -3.55. The Labute approximate surface area is 261 Å². The number of ether oxygens (including phenoxy) is 2. The quantitative estimate of drug-likeness (QED) is 0.347. The Balaban J connectivity index is 0.984. The van der Waals surface area contributed by atoms with Gasteiger partial charge in [-0.1, -0.05) is 48.5 Å². The number of phenolic OH excluding ortho intramolecular Hbond substituents is 1. The maximum atomic E-state index is 12.5. The number of aromatic hydroxyl groups is 1. The third-order valence-corrected chi connectivity index (χ3v) is 10.1. The van der Waals surface area contributed by atoms with Crippen LogP contribution in [0.2, 0.25) is 0 Å². The number of likely N-dealkylation sites (tertiary alicyclic amines) is 1. The second-order valence-electron chi connectivity index (χ2n) is 14.0. The highest BCUT2D eigenvalue weighted by Crippen LogP contribution is 2.48. The Morgan fingerprint density at radius 1 is 0.886 bits per heavy atom. The van der Waals surface area contributed by atoms with Crippen molar-refractivity contribution < 1.29 is 19.4 Å². The molecule has 3 aromatic carbocycles. The molecule has 0 aromatic heterocycles. The van der Waals surface area contributed by atoms with Crippen LogP contribution in [0.4, 0.5) is 10.5 Å². The number of benzene rings is 3. The summed E-state index contributed by atoms with van der Waals surface area (Å²) < 4.78 is 11.9. The van der Waals surface area contributed by atoms with Crippen LogP contribution in [0, 0.1) is 0 Å². The lowest BCUT2D eigenvalue weighted by molar-refractivity contribution is 0.0165. The normalized spacial score (nSPS) is 25.0. The molecule has 1 aliphatic carbocycles. The predicted octanol–water partition coefficient (Wildman–Crippen LogP) is 6.50. The lowest BCUT2D eigenvalue weighted by atomic mass is 9.69. The van der Waals surface area contributed by atoms with Gasteiger partial charge in [0.15, 0.2) is 0 Å². The number of amides is 1. The molecule has 0 bridgehead atoms.